The Morgan fingerprint density at radius 1 is 1.10 bits per heavy atom. The van der Waals surface area contributed by atoms with Gasteiger partial charge in [0.1, 0.15) is 0 Å². The minimum absolute atomic E-state index is 0.230. The molecule has 0 atom stereocenters. The van der Waals surface area contributed by atoms with E-state index in [4.69, 9.17) is 0 Å². The van der Waals surface area contributed by atoms with Crippen LogP contribution in [0.4, 0.5) is 0 Å². The molecule has 0 saturated heterocycles. The van der Waals surface area contributed by atoms with E-state index in [0.29, 0.717) is 0 Å². The molecule has 2 rings (SSSR count). The lowest BCUT2D eigenvalue weighted by Crippen LogP contribution is -2.37. The molecule has 2 N–H and O–H groups in total. The van der Waals surface area contributed by atoms with Crippen molar-refractivity contribution in [1.82, 2.24) is 20.7 Å². The molecule has 0 aromatic carbocycles. The molecule has 0 bridgehead atoms. The highest BCUT2D eigenvalue weighted by Crippen LogP contribution is 1.94. The van der Waals surface area contributed by atoms with Gasteiger partial charge in [0, 0.05) is 31.3 Å². The lowest BCUT2D eigenvalue weighted by Gasteiger charge is -2.03. The molecule has 0 aliphatic heterocycles. The van der Waals surface area contributed by atoms with Crippen LogP contribution >= 0.6 is 0 Å². The number of carbonyl (C=O) groups is 2. The zero-order valence-electron chi connectivity index (χ0n) is 11.1. The van der Waals surface area contributed by atoms with Crippen LogP contribution in [-0.2, 0) is 16.1 Å². The highest BCUT2D eigenvalue weighted by molar-refractivity contribution is 6.35. The maximum absolute atomic E-state index is 11.5. The van der Waals surface area contributed by atoms with Gasteiger partial charge in [-0.1, -0.05) is 6.07 Å². The van der Waals surface area contributed by atoms with E-state index < -0.39 is 11.8 Å². The second kappa shape index (κ2) is 7.49. The molecule has 0 saturated carbocycles. The fourth-order valence-electron chi connectivity index (χ4n) is 1.43. The topological polar surface area (TPSA) is 96.3 Å². The van der Waals surface area contributed by atoms with E-state index in [1.165, 1.54) is 6.21 Å². The van der Waals surface area contributed by atoms with Crippen LogP contribution in [0.25, 0.3) is 0 Å². The molecule has 2 aromatic rings. The van der Waals surface area contributed by atoms with Crippen LogP contribution < -0.4 is 10.7 Å². The summed E-state index contributed by atoms with van der Waals surface area (Å²) in [6, 6.07) is 6.99. The van der Waals surface area contributed by atoms with Gasteiger partial charge in [-0.2, -0.15) is 5.10 Å². The maximum Gasteiger partial charge on any atom is 0.329 e. The second-order valence-corrected chi connectivity index (χ2v) is 4.02. The third kappa shape index (κ3) is 4.83. The molecule has 2 heterocycles. The first-order chi connectivity index (χ1) is 10.3. The summed E-state index contributed by atoms with van der Waals surface area (Å²) in [6.07, 6.45) is 7.87. The number of hydrazone groups is 1. The van der Waals surface area contributed by atoms with Crippen molar-refractivity contribution >= 4 is 18.0 Å². The Morgan fingerprint density at radius 3 is 2.62 bits per heavy atom. The third-order valence-electron chi connectivity index (χ3n) is 2.47. The molecule has 21 heavy (non-hydrogen) atoms. The molecule has 2 aromatic heterocycles. The summed E-state index contributed by atoms with van der Waals surface area (Å²) in [7, 11) is 0. The van der Waals surface area contributed by atoms with E-state index >= 15 is 0 Å². The smallest absolute Gasteiger partial charge is 0.329 e. The highest BCUT2D eigenvalue weighted by atomic mass is 16.2. The monoisotopic (exact) mass is 283 g/mol. The van der Waals surface area contributed by atoms with Gasteiger partial charge >= 0.3 is 11.8 Å². The molecular weight excluding hydrogens is 270 g/mol. The molecule has 106 valence electrons. The van der Waals surface area contributed by atoms with Crippen LogP contribution in [-0.4, -0.2) is 28.0 Å². The van der Waals surface area contributed by atoms with Crippen LogP contribution in [0.1, 0.15) is 11.1 Å². The molecular formula is C14H13N5O2. The summed E-state index contributed by atoms with van der Waals surface area (Å²) in [4.78, 5) is 30.8. The minimum atomic E-state index is -0.829. The number of amides is 2. The number of pyridine rings is 2. The molecule has 0 aliphatic rings. The van der Waals surface area contributed by atoms with E-state index in [2.05, 4.69) is 25.8 Å². The fraction of sp³-hybridized carbons (Fsp3) is 0.0714. The molecule has 7 nitrogen and oxygen atoms in total. The van der Waals surface area contributed by atoms with Crippen molar-refractivity contribution in [2.45, 2.75) is 6.54 Å². The molecule has 0 radical (unpaired) electrons. The van der Waals surface area contributed by atoms with Crippen molar-refractivity contribution in [3.63, 3.8) is 0 Å². The number of carbonyl (C=O) groups excluding carboxylic acids is 2. The standard InChI is InChI=1S/C14H13N5O2/c20-13(17-9-12-2-1-5-16-8-12)14(21)19-18-10-11-3-6-15-7-4-11/h1-8,10H,9H2,(H,17,20)(H,19,21)/b18-10-. The Kier molecular flexibility index (Phi) is 5.11. The molecule has 0 unspecified atom stereocenters. The number of nitrogens with zero attached hydrogens (tertiary/aromatic N) is 3. The van der Waals surface area contributed by atoms with Gasteiger partial charge in [0.05, 0.1) is 6.21 Å². The fourth-order valence-corrected chi connectivity index (χ4v) is 1.43. The first-order valence-corrected chi connectivity index (χ1v) is 6.16. The lowest BCUT2D eigenvalue weighted by atomic mass is 10.3. The van der Waals surface area contributed by atoms with Crippen molar-refractivity contribution in [1.29, 1.82) is 0 Å². The van der Waals surface area contributed by atoms with Crippen LogP contribution in [0, 0.1) is 0 Å². The summed E-state index contributed by atoms with van der Waals surface area (Å²) >= 11 is 0. The van der Waals surface area contributed by atoms with Gasteiger partial charge in [0.15, 0.2) is 0 Å². The summed E-state index contributed by atoms with van der Waals surface area (Å²) in [5.41, 5.74) is 3.72. The third-order valence-corrected chi connectivity index (χ3v) is 2.47. The predicted octanol–water partition coefficient (Wildman–Crippen LogP) is 0.243. The summed E-state index contributed by atoms with van der Waals surface area (Å²) in [5, 5.41) is 6.16. The summed E-state index contributed by atoms with van der Waals surface area (Å²) in [5.74, 6) is -1.59. The Labute approximate surface area is 121 Å². The van der Waals surface area contributed by atoms with Gasteiger partial charge in [-0.3, -0.25) is 19.6 Å². The Morgan fingerprint density at radius 2 is 1.90 bits per heavy atom. The zero-order valence-corrected chi connectivity index (χ0v) is 11.1. The van der Waals surface area contributed by atoms with Gasteiger partial charge in [-0.05, 0) is 29.3 Å². The number of aromatic nitrogens is 2. The second-order valence-electron chi connectivity index (χ2n) is 4.02. The van der Waals surface area contributed by atoms with Crippen molar-refractivity contribution in [3.05, 3.63) is 60.2 Å². The Bertz CT molecular complexity index is 628. The van der Waals surface area contributed by atoms with E-state index in [1.807, 2.05) is 0 Å². The number of rotatable bonds is 4. The maximum atomic E-state index is 11.5. The summed E-state index contributed by atoms with van der Waals surface area (Å²) in [6.45, 7) is 0.230. The largest absolute Gasteiger partial charge is 0.344 e. The zero-order chi connectivity index (χ0) is 14.9. The van der Waals surface area contributed by atoms with Crippen LogP contribution in [0.5, 0.6) is 0 Å². The normalized spacial score (nSPS) is 10.3. The van der Waals surface area contributed by atoms with Crippen molar-refractivity contribution < 1.29 is 9.59 Å². The number of hydrogen-bond donors (Lipinski definition) is 2. The number of hydrogen-bond acceptors (Lipinski definition) is 5. The van der Waals surface area contributed by atoms with Gasteiger partial charge < -0.3 is 5.32 Å². The SMILES string of the molecule is O=C(NCc1cccnc1)C(=O)N/N=C\c1ccncc1. The van der Waals surface area contributed by atoms with Gasteiger partial charge in [0.2, 0.25) is 0 Å². The quantitative estimate of drug-likeness (QED) is 0.477. The lowest BCUT2D eigenvalue weighted by molar-refractivity contribution is -0.139. The highest BCUT2D eigenvalue weighted by Gasteiger charge is 2.11. The van der Waals surface area contributed by atoms with Gasteiger partial charge in [-0.15, -0.1) is 0 Å². The van der Waals surface area contributed by atoms with Crippen molar-refractivity contribution in [2.24, 2.45) is 5.10 Å². The predicted molar refractivity (Wildman–Crippen MR) is 76.1 cm³/mol. The Hall–Kier alpha value is -3.09. The molecule has 0 spiro atoms. The first-order valence-electron chi connectivity index (χ1n) is 6.16. The van der Waals surface area contributed by atoms with Gasteiger partial charge in [-0.25, -0.2) is 5.43 Å². The van der Waals surface area contributed by atoms with Crippen LogP contribution in [0.3, 0.4) is 0 Å². The van der Waals surface area contributed by atoms with E-state index in [1.54, 1.807) is 49.1 Å². The molecule has 0 aliphatic carbocycles. The van der Waals surface area contributed by atoms with E-state index in [-0.39, 0.29) is 6.54 Å². The molecule has 2 amide bonds. The molecule has 7 heteroatoms. The average molecular weight is 283 g/mol. The van der Waals surface area contributed by atoms with Crippen molar-refractivity contribution in [2.75, 3.05) is 0 Å². The minimum Gasteiger partial charge on any atom is -0.344 e. The Balaban J connectivity index is 1.78. The van der Waals surface area contributed by atoms with Crippen LogP contribution in [0.2, 0.25) is 0 Å². The van der Waals surface area contributed by atoms with Crippen molar-refractivity contribution in [3.8, 4) is 0 Å². The summed E-state index contributed by atoms with van der Waals surface area (Å²) < 4.78 is 0. The number of nitrogens with one attached hydrogen (secondary N) is 2. The first kappa shape index (κ1) is 14.3. The van der Waals surface area contributed by atoms with E-state index in [9.17, 15) is 9.59 Å². The van der Waals surface area contributed by atoms with E-state index in [0.717, 1.165) is 11.1 Å². The van der Waals surface area contributed by atoms with Gasteiger partial charge in [0.25, 0.3) is 0 Å². The van der Waals surface area contributed by atoms with Crippen LogP contribution in [0.15, 0.2) is 54.2 Å². The molecule has 0 fully saturated rings. The average Bonchev–Trinajstić information content (AvgIpc) is 2.54.